The minimum absolute atomic E-state index is 0.106. The summed E-state index contributed by atoms with van der Waals surface area (Å²) in [5.74, 6) is -6.42. The number of aromatic hydroxyl groups is 2. The van der Waals surface area contributed by atoms with Crippen LogP contribution in [0.5, 0.6) is 11.5 Å². The molecule has 0 radical (unpaired) electrons. The van der Waals surface area contributed by atoms with E-state index < -0.39 is 97.5 Å². The van der Waals surface area contributed by atoms with Crippen molar-refractivity contribution in [3.8, 4) is 11.5 Å². The Labute approximate surface area is 349 Å². The van der Waals surface area contributed by atoms with Gasteiger partial charge in [0.2, 0.25) is 5.79 Å². The summed E-state index contributed by atoms with van der Waals surface area (Å²) in [6, 6.07) is 2.27. The fraction of sp³-hybridized carbons (Fsp3) is 0.467. The number of hydrogen-bond donors (Lipinski definition) is 8. The number of esters is 2. The van der Waals surface area contributed by atoms with Gasteiger partial charge in [0, 0.05) is 18.2 Å². The van der Waals surface area contributed by atoms with E-state index in [9.17, 15) is 50.4 Å². The molecule has 1 spiro atoms. The van der Waals surface area contributed by atoms with E-state index >= 15 is 0 Å². The van der Waals surface area contributed by atoms with Gasteiger partial charge in [0.15, 0.2) is 0 Å². The molecule has 0 aliphatic carbocycles. The zero-order valence-electron chi connectivity index (χ0n) is 33.8. The number of phenolic OH excluding ortho intramolecular Hbond substituents is 2. The number of hydrogen-bond acceptors (Lipinski definition) is 15. The molecule has 0 bridgehead atoms. The molecule has 2 unspecified atom stereocenters. The van der Waals surface area contributed by atoms with E-state index in [1.165, 1.54) is 24.3 Å². The second-order valence-electron chi connectivity index (χ2n) is 14.5. The third-order valence-electron chi connectivity index (χ3n) is 10.0. The maximum Gasteiger partial charge on any atom is 0.331 e. The van der Waals surface area contributed by atoms with Gasteiger partial charge in [-0.3, -0.25) is 0 Å². The van der Waals surface area contributed by atoms with Crippen molar-refractivity contribution in [1.82, 2.24) is 0 Å². The van der Waals surface area contributed by atoms with Crippen molar-refractivity contribution >= 4 is 11.9 Å². The number of allylic oxidation sites excluding steroid dienone is 12. The number of benzene rings is 1. The zero-order valence-corrected chi connectivity index (χ0v) is 33.8. The van der Waals surface area contributed by atoms with Crippen LogP contribution >= 0.6 is 0 Å². The van der Waals surface area contributed by atoms with Gasteiger partial charge in [-0.25, -0.2) is 9.59 Å². The van der Waals surface area contributed by atoms with Crippen molar-refractivity contribution in [1.29, 1.82) is 0 Å². The highest BCUT2D eigenvalue weighted by Gasteiger charge is 2.64. The van der Waals surface area contributed by atoms with Crippen molar-refractivity contribution in [2.24, 2.45) is 5.92 Å². The topological polar surface area (TPSA) is 242 Å². The Morgan fingerprint density at radius 3 is 2.13 bits per heavy atom. The molecule has 15 heteroatoms. The molecule has 8 N–H and O–H groups in total. The number of unbranched alkanes of at least 4 members (excludes halogenated alkanes) is 2. The summed E-state index contributed by atoms with van der Waals surface area (Å²) in [4.78, 5) is 25.9. The van der Waals surface area contributed by atoms with Crippen molar-refractivity contribution in [2.45, 2.75) is 113 Å². The molecule has 3 aliphatic rings. The van der Waals surface area contributed by atoms with Crippen LogP contribution in [0.25, 0.3) is 0 Å². The second-order valence-corrected chi connectivity index (χ2v) is 14.5. The molecule has 0 amide bonds. The molecule has 0 saturated carbocycles. The maximum absolute atomic E-state index is 13.4. The molecule has 1 aromatic carbocycles. The van der Waals surface area contributed by atoms with Gasteiger partial charge in [0.25, 0.3) is 0 Å². The standard InChI is InChI=1S/C45H58O15/c1-3-5-7-9-11-13-16-20-30(47)21-17-15-19-23-36(51)59-43-37(33(26-46)60-45(44(43)55)38-29(27-57-45)24-31(48)25-32(38)49)42-41(54)40(53)39(52)34(58-42)28-56-35(50)22-18-14-12-10-8-6-4-2/h7-20,22-25,30,33-34,37,39-44,46-49,52-55H,3-6,21,26-28H2,1-2H3/b9-7+,10-8+,13-11+,14-12+,17-15+,20-16+,22-18+,23-19+/t30?,33-,34?,37+,39+,40+,41-,42+,43+,44-,45+/m1/s1. The van der Waals surface area contributed by atoms with Crippen LogP contribution in [0.4, 0.5) is 0 Å². The number of rotatable bonds is 19. The van der Waals surface area contributed by atoms with Gasteiger partial charge in [0.1, 0.15) is 54.7 Å². The molecular weight excluding hydrogens is 780 g/mol. The SMILES string of the molecule is CCC/C=C/C=C/C=C/C(=O)OCC1O[C@@H]([C@H]2[C@H](OC(=O)/C=C/C=C/CC(O)/C=C/C=C/C=C/CCC)[C@@H](O)[C@@]3(OCc4cc(O)cc(O)c43)O[C@@H]2CO)[C@H](O)[C@@H](O)[C@H]1O. The van der Waals surface area contributed by atoms with Crippen LogP contribution in [0.3, 0.4) is 0 Å². The Morgan fingerprint density at radius 1 is 0.817 bits per heavy atom. The minimum atomic E-state index is -2.27. The molecule has 328 valence electrons. The van der Waals surface area contributed by atoms with Crippen molar-refractivity contribution in [2.75, 3.05) is 13.2 Å². The molecule has 15 nitrogen and oxygen atoms in total. The molecule has 2 saturated heterocycles. The average Bonchev–Trinajstić information content (AvgIpc) is 3.59. The van der Waals surface area contributed by atoms with E-state index in [2.05, 4.69) is 6.92 Å². The van der Waals surface area contributed by atoms with Crippen molar-refractivity contribution in [3.63, 3.8) is 0 Å². The first-order valence-corrected chi connectivity index (χ1v) is 20.1. The first-order valence-electron chi connectivity index (χ1n) is 20.1. The van der Waals surface area contributed by atoms with Crippen LogP contribution in [0.15, 0.2) is 109 Å². The van der Waals surface area contributed by atoms with E-state index in [-0.39, 0.29) is 29.9 Å². The van der Waals surface area contributed by atoms with Gasteiger partial charge in [0.05, 0.1) is 43.0 Å². The highest BCUT2D eigenvalue weighted by molar-refractivity contribution is 5.82. The van der Waals surface area contributed by atoms with Gasteiger partial charge in [-0.15, -0.1) is 0 Å². The molecule has 3 aliphatic heterocycles. The third-order valence-corrected chi connectivity index (χ3v) is 10.0. The van der Waals surface area contributed by atoms with Gasteiger partial charge in [-0.2, -0.15) is 0 Å². The van der Waals surface area contributed by atoms with E-state index in [1.54, 1.807) is 36.5 Å². The first-order chi connectivity index (χ1) is 28.9. The molecule has 4 rings (SSSR count). The van der Waals surface area contributed by atoms with E-state index in [0.29, 0.717) is 0 Å². The highest BCUT2D eigenvalue weighted by atomic mass is 16.7. The fourth-order valence-electron chi connectivity index (χ4n) is 7.08. The summed E-state index contributed by atoms with van der Waals surface area (Å²) in [6.45, 7) is 2.39. The Kier molecular flexibility index (Phi) is 19.1. The van der Waals surface area contributed by atoms with Crippen LogP contribution in [-0.4, -0.2) is 121 Å². The Balaban J connectivity index is 1.56. The van der Waals surface area contributed by atoms with Gasteiger partial charge in [-0.1, -0.05) is 112 Å². The van der Waals surface area contributed by atoms with Gasteiger partial charge < -0.3 is 64.5 Å². The lowest BCUT2D eigenvalue weighted by molar-refractivity contribution is -0.378. The predicted octanol–water partition coefficient (Wildman–Crippen LogP) is 3.25. The zero-order chi connectivity index (χ0) is 43.7. The minimum Gasteiger partial charge on any atom is -0.508 e. The van der Waals surface area contributed by atoms with Gasteiger partial charge >= 0.3 is 11.9 Å². The van der Waals surface area contributed by atoms with E-state index in [4.69, 9.17) is 23.7 Å². The van der Waals surface area contributed by atoms with Crippen molar-refractivity contribution in [3.05, 3.63) is 120 Å². The Bertz CT molecular complexity index is 1790. The molecule has 2 fully saturated rings. The fourth-order valence-corrected chi connectivity index (χ4v) is 7.08. The Hall–Kier alpha value is -4.68. The van der Waals surface area contributed by atoms with E-state index in [0.717, 1.165) is 43.9 Å². The molecular formula is C45H58O15. The molecule has 0 aromatic heterocycles. The van der Waals surface area contributed by atoms with Crippen molar-refractivity contribution < 1.29 is 74.1 Å². The lowest BCUT2D eigenvalue weighted by atomic mass is 9.75. The summed E-state index contributed by atoms with van der Waals surface area (Å²) >= 11 is 0. The molecule has 3 heterocycles. The summed E-state index contributed by atoms with van der Waals surface area (Å²) in [7, 11) is 0. The normalized spacial score (nSPS) is 30.4. The van der Waals surface area contributed by atoms with Crippen LogP contribution in [0.1, 0.15) is 57.1 Å². The second kappa shape index (κ2) is 23.9. The third kappa shape index (κ3) is 12.7. The number of aliphatic hydroxyl groups is 6. The molecule has 1 aromatic rings. The quantitative estimate of drug-likeness (QED) is 0.0567. The van der Waals surface area contributed by atoms with Gasteiger partial charge in [-0.05, 0) is 30.9 Å². The summed E-state index contributed by atoms with van der Waals surface area (Å²) < 4.78 is 29.2. The predicted molar refractivity (Wildman–Crippen MR) is 219 cm³/mol. The van der Waals surface area contributed by atoms with Crippen LogP contribution in [0, 0.1) is 5.92 Å². The van der Waals surface area contributed by atoms with Crippen LogP contribution < -0.4 is 0 Å². The summed E-state index contributed by atoms with van der Waals surface area (Å²) in [5, 5.41) is 87.2. The summed E-state index contributed by atoms with van der Waals surface area (Å²) in [6.07, 6.45) is 15.5. The number of ether oxygens (including phenoxy) is 5. The highest BCUT2D eigenvalue weighted by Crippen LogP contribution is 2.53. The average molecular weight is 839 g/mol. The van der Waals surface area contributed by atoms with Crippen LogP contribution in [0.2, 0.25) is 0 Å². The molecule has 11 atom stereocenters. The number of aliphatic hydroxyl groups excluding tert-OH is 6. The molecule has 60 heavy (non-hydrogen) atoms. The number of carbonyl (C=O) groups is 2. The Morgan fingerprint density at radius 2 is 1.45 bits per heavy atom. The smallest absolute Gasteiger partial charge is 0.331 e. The largest absolute Gasteiger partial charge is 0.508 e. The lowest BCUT2D eigenvalue weighted by Crippen LogP contribution is -2.69. The summed E-state index contributed by atoms with van der Waals surface area (Å²) in [5.41, 5.74) is 0.117. The lowest BCUT2D eigenvalue weighted by Gasteiger charge is -2.53. The monoisotopic (exact) mass is 838 g/mol. The first kappa shape index (κ1) is 48.0. The number of phenols is 2. The van der Waals surface area contributed by atoms with E-state index in [1.807, 2.05) is 37.3 Å². The number of carbonyl (C=O) groups excluding carboxylic acids is 2. The maximum atomic E-state index is 13.4. The van der Waals surface area contributed by atoms with Crippen LogP contribution in [-0.2, 0) is 45.7 Å². The number of fused-ring (bicyclic) bond motifs is 2.